The average molecular weight is 891 g/mol. The van der Waals surface area contributed by atoms with E-state index >= 15 is 0 Å². The van der Waals surface area contributed by atoms with Crippen molar-refractivity contribution in [3.8, 4) is 0 Å². The molecule has 3 aromatic rings. The van der Waals surface area contributed by atoms with E-state index < -0.39 is 48.4 Å². The number of rotatable bonds is 15. The molecule has 8 rings (SSSR count). The standard InChI is InChI=1S/C54H66O11/c1-33(20-23-44(56)34(2)47-45(57)30-43-41-22-21-38-28-39(55)24-26-53(38,3)42(41)25-27-54(43,47)4)31-62-52-48(65-51(60)37-18-12-7-13-19-37)46(64-50(59)36-16-10-6-11-17-36)29-40(63-52)32-61-49(58)35-14-8-5-9-15-35/h5-19,33-34,38-43,46-48,52,55H,20-32H2,1-4H3/t33-,34+,38?,39?,40?,41?,42?,43?,46-,47?,48?,52+,53?,54?/m0/s1. The Morgan fingerprint density at radius 1 is 0.738 bits per heavy atom. The second-order valence-corrected chi connectivity index (χ2v) is 20.4. The number of aliphatic hydroxyl groups excluding tert-OH is 1. The van der Waals surface area contributed by atoms with Gasteiger partial charge < -0.3 is 28.8 Å². The molecular weight excluding hydrogens is 825 g/mol. The lowest BCUT2D eigenvalue weighted by Crippen LogP contribution is -2.54. The van der Waals surface area contributed by atoms with E-state index in [4.69, 9.17) is 23.7 Å². The summed E-state index contributed by atoms with van der Waals surface area (Å²) < 4.78 is 30.6. The Balaban J connectivity index is 0.931. The summed E-state index contributed by atoms with van der Waals surface area (Å²) in [6.07, 6.45) is 3.98. The zero-order valence-electron chi connectivity index (χ0n) is 38.3. The van der Waals surface area contributed by atoms with Crippen molar-refractivity contribution in [2.75, 3.05) is 13.2 Å². The van der Waals surface area contributed by atoms with Gasteiger partial charge in [-0.25, -0.2) is 14.4 Å². The Bertz CT molecular complexity index is 2140. The molecule has 14 atom stereocenters. The number of Topliss-reactive ketones (excluding diaryl/α,β-unsaturated/α-hetero) is 2. The summed E-state index contributed by atoms with van der Waals surface area (Å²) in [7, 11) is 0. The maximum absolute atomic E-state index is 14.1. The minimum Gasteiger partial charge on any atom is -0.459 e. The van der Waals surface area contributed by atoms with E-state index in [1.807, 2.05) is 13.8 Å². The van der Waals surface area contributed by atoms with Crippen LogP contribution in [-0.2, 0) is 33.3 Å². The maximum Gasteiger partial charge on any atom is 0.338 e. The molecule has 5 fully saturated rings. The van der Waals surface area contributed by atoms with Gasteiger partial charge in [0.05, 0.1) is 35.5 Å². The number of esters is 3. The fourth-order valence-corrected chi connectivity index (χ4v) is 12.8. The van der Waals surface area contributed by atoms with Crippen molar-refractivity contribution in [2.45, 2.75) is 129 Å². The van der Waals surface area contributed by atoms with Crippen LogP contribution in [0.15, 0.2) is 91.0 Å². The number of ether oxygens (including phenoxy) is 5. The molecule has 4 saturated carbocycles. The fourth-order valence-electron chi connectivity index (χ4n) is 12.8. The van der Waals surface area contributed by atoms with Crippen LogP contribution in [0.5, 0.6) is 0 Å². The van der Waals surface area contributed by atoms with Gasteiger partial charge in [-0.2, -0.15) is 0 Å². The number of benzene rings is 3. The molecule has 348 valence electrons. The van der Waals surface area contributed by atoms with E-state index in [2.05, 4.69) is 13.8 Å². The first kappa shape index (κ1) is 46.8. The summed E-state index contributed by atoms with van der Waals surface area (Å²) >= 11 is 0. The normalized spacial score (nSPS) is 33.9. The van der Waals surface area contributed by atoms with Gasteiger partial charge in [-0.05, 0) is 128 Å². The predicted octanol–water partition coefficient (Wildman–Crippen LogP) is 9.25. The number of carbonyl (C=O) groups is 5. The monoisotopic (exact) mass is 890 g/mol. The summed E-state index contributed by atoms with van der Waals surface area (Å²) in [5.74, 6) is -0.501. The van der Waals surface area contributed by atoms with E-state index in [1.54, 1.807) is 91.0 Å². The Morgan fingerprint density at radius 3 is 1.98 bits per heavy atom. The molecule has 1 aliphatic heterocycles. The summed E-state index contributed by atoms with van der Waals surface area (Å²) in [6, 6.07) is 25.5. The maximum atomic E-state index is 14.1. The molecule has 5 aliphatic rings. The van der Waals surface area contributed by atoms with E-state index in [1.165, 1.54) is 0 Å². The first-order valence-electron chi connectivity index (χ1n) is 24.0. The van der Waals surface area contributed by atoms with Gasteiger partial charge in [-0.1, -0.05) is 82.3 Å². The molecule has 65 heavy (non-hydrogen) atoms. The first-order chi connectivity index (χ1) is 31.2. The lowest BCUT2D eigenvalue weighted by Gasteiger charge is -2.61. The van der Waals surface area contributed by atoms with E-state index in [9.17, 15) is 29.1 Å². The highest BCUT2D eigenvalue weighted by atomic mass is 16.7. The van der Waals surface area contributed by atoms with Gasteiger partial charge in [-0.15, -0.1) is 0 Å². The van der Waals surface area contributed by atoms with Crippen molar-refractivity contribution in [3.05, 3.63) is 108 Å². The Morgan fingerprint density at radius 2 is 1.34 bits per heavy atom. The molecule has 0 aromatic heterocycles. The summed E-state index contributed by atoms with van der Waals surface area (Å²) in [4.78, 5) is 68.2. The molecule has 11 heteroatoms. The number of aliphatic hydroxyl groups is 1. The number of hydrogen-bond acceptors (Lipinski definition) is 11. The molecule has 0 spiro atoms. The number of carbonyl (C=O) groups excluding carboxylic acids is 5. The smallest absolute Gasteiger partial charge is 0.338 e. The van der Waals surface area contributed by atoms with Crippen LogP contribution in [-0.4, -0.2) is 78.5 Å². The van der Waals surface area contributed by atoms with Crippen LogP contribution in [0, 0.1) is 52.3 Å². The highest BCUT2D eigenvalue weighted by molar-refractivity contribution is 5.92. The lowest BCUT2D eigenvalue weighted by molar-refractivity contribution is -0.272. The summed E-state index contributed by atoms with van der Waals surface area (Å²) in [5, 5.41) is 10.5. The zero-order chi connectivity index (χ0) is 45.9. The predicted molar refractivity (Wildman–Crippen MR) is 241 cm³/mol. The molecule has 10 unspecified atom stereocenters. The number of ketones is 2. The van der Waals surface area contributed by atoms with Crippen molar-refractivity contribution >= 4 is 29.5 Å². The van der Waals surface area contributed by atoms with Crippen LogP contribution < -0.4 is 0 Å². The minimum absolute atomic E-state index is 0.0419. The van der Waals surface area contributed by atoms with Crippen molar-refractivity contribution in [1.29, 1.82) is 0 Å². The molecule has 11 nitrogen and oxygen atoms in total. The molecule has 0 amide bonds. The van der Waals surface area contributed by atoms with Gasteiger partial charge in [0.1, 0.15) is 24.3 Å². The number of fused-ring (bicyclic) bond motifs is 5. The molecule has 0 radical (unpaired) electrons. The largest absolute Gasteiger partial charge is 0.459 e. The number of hydrogen-bond donors (Lipinski definition) is 1. The fraction of sp³-hybridized carbons (Fsp3) is 0.574. The molecule has 3 aromatic carbocycles. The molecular formula is C54H66O11. The van der Waals surface area contributed by atoms with Crippen LogP contribution in [0.25, 0.3) is 0 Å². The van der Waals surface area contributed by atoms with Crippen molar-refractivity contribution in [3.63, 3.8) is 0 Å². The Kier molecular flexibility index (Phi) is 14.4. The van der Waals surface area contributed by atoms with Crippen LogP contribution >= 0.6 is 0 Å². The summed E-state index contributed by atoms with van der Waals surface area (Å²) in [5.41, 5.74) is 0.964. The highest BCUT2D eigenvalue weighted by Crippen LogP contribution is 2.67. The van der Waals surface area contributed by atoms with Gasteiger partial charge in [0.25, 0.3) is 0 Å². The minimum atomic E-state index is -1.22. The SMILES string of the molecule is C[C@@H](CCC(=O)[C@@H](C)C1C(=O)CC2C3CCC4CC(O)CCC4(C)C3CCC21C)CO[C@@H]1OC(COC(=O)c2ccccc2)C[C@H](OC(=O)c2ccccc2)C1OC(=O)c1ccccc1. The second-order valence-electron chi connectivity index (χ2n) is 20.4. The van der Waals surface area contributed by atoms with Gasteiger partial charge in [0.2, 0.25) is 0 Å². The van der Waals surface area contributed by atoms with Gasteiger partial charge >= 0.3 is 17.9 Å². The lowest BCUT2D eigenvalue weighted by atomic mass is 9.44. The molecule has 1 N–H and O–H groups in total. The third-order valence-electron chi connectivity index (χ3n) is 16.4. The quantitative estimate of drug-likeness (QED) is 0.115. The van der Waals surface area contributed by atoms with Gasteiger partial charge in [0, 0.05) is 31.1 Å². The third kappa shape index (κ3) is 10.0. The zero-order valence-corrected chi connectivity index (χ0v) is 38.3. The van der Waals surface area contributed by atoms with Crippen molar-refractivity contribution < 1.29 is 52.8 Å². The van der Waals surface area contributed by atoms with Crippen LogP contribution in [0.1, 0.15) is 129 Å². The van der Waals surface area contributed by atoms with Crippen LogP contribution in [0.3, 0.4) is 0 Å². The van der Waals surface area contributed by atoms with Crippen LogP contribution in [0.4, 0.5) is 0 Å². The van der Waals surface area contributed by atoms with Gasteiger partial charge in [0.15, 0.2) is 12.4 Å². The molecule has 4 aliphatic carbocycles. The molecule has 1 saturated heterocycles. The Hall–Kier alpha value is -4.71. The van der Waals surface area contributed by atoms with E-state index in [-0.39, 0.29) is 72.3 Å². The highest BCUT2D eigenvalue weighted by Gasteiger charge is 2.63. The first-order valence-corrected chi connectivity index (χ1v) is 24.0. The third-order valence-corrected chi connectivity index (χ3v) is 16.4. The van der Waals surface area contributed by atoms with Crippen LogP contribution in [0.2, 0.25) is 0 Å². The van der Waals surface area contributed by atoms with Crippen molar-refractivity contribution in [2.24, 2.45) is 52.3 Å². The van der Waals surface area contributed by atoms with E-state index in [0.717, 1.165) is 44.9 Å². The topological polar surface area (TPSA) is 152 Å². The van der Waals surface area contributed by atoms with Crippen molar-refractivity contribution in [1.82, 2.24) is 0 Å². The Labute approximate surface area is 383 Å². The van der Waals surface area contributed by atoms with Gasteiger partial charge in [-0.3, -0.25) is 9.59 Å². The molecule has 0 bridgehead atoms. The molecule has 1 heterocycles. The van der Waals surface area contributed by atoms with E-state index in [0.29, 0.717) is 47.3 Å². The summed E-state index contributed by atoms with van der Waals surface area (Å²) in [6.45, 7) is 8.60. The average Bonchev–Trinajstić information content (AvgIpc) is 3.60. The second kappa shape index (κ2) is 20.0.